The Balaban J connectivity index is 1.62. The van der Waals surface area contributed by atoms with Crippen LogP contribution in [-0.4, -0.2) is 19.2 Å². The summed E-state index contributed by atoms with van der Waals surface area (Å²) in [4.78, 5) is 11.6. The lowest BCUT2D eigenvalue weighted by molar-refractivity contribution is 0.241. The first-order valence-corrected chi connectivity index (χ1v) is 8.00. The molecule has 0 aliphatic rings. The Bertz CT molecular complexity index is 737. The summed E-state index contributed by atoms with van der Waals surface area (Å²) in [5.41, 5.74) is 0.966. The second-order valence-corrected chi connectivity index (χ2v) is 5.58. The monoisotopic (exact) mass is 362 g/mol. The van der Waals surface area contributed by atoms with Crippen molar-refractivity contribution in [1.82, 2.24) is 10.6 Å². The van der Waals surface area contributed by atoms with E-state index in [9.17, 15) is 4.79 Å². The summed E-state index contributed by atoms with van der Waals surface area (Å²) in [6, 6.07) is 14.2. The zero-order valence-electron chi connectivity index (χ0n) is 12.8. The maximum absolute atomic E-state index is 11.6. The molecule has 4 nitrogen and oxygen atoms in total. The van der Waals surface area contributed by atoms with Crippen LogP contribution < -0.4 is 15.4 Å². The molecule has 0 saturated carbocycles. The number of benzene rings is 2. The van der Waals surface area contributed by atoms with E-state index in [-0.39, 0.29) is 19.2 Å². The topological polar surface area (TPSA) is 50.4 Å². The Hall–Kier alpha value is -2.35. The molecule has 0 spiro atoms. The molecular weight excluding hydrogens is 347 g/mol. The molecule has 0 bridgehead atoms. The average molecular weight is 363 g/mol. The highest BCUT2D eigenvalue weighted by Crippen LogP contribution is 2.22. The fourth-order valence-corrected chi connectivity index (χ4v) is 2.08. The molecule has 0 radical (unpaired) electrons. The molecule has 0 aliphatic carbocycles. The van der Waals surface area contributed by atoms with Gasteiger partial charge >= 0.3 is 6.03 Å². The predicted molar refractivity (Wildman–Crippen MR) is 96.4 cm³/mol. The zero-order valence-corrected chi connectivity index (χ0v) is 14.3. The van der Waals surface area contributed by atoms with Crippen molar-refractivity contribution < 1.29 is 9.53 Å². The quantitative estimate of drug-likeness (QED) is 0.793. The number of halogens is 2. The largest absolute Gasteiger partial charge is 0.479 e. The highest BCUT2D eigenvalue weighted by Gasteiger charge is 1.99. The van der Waals surface area contributed by atoms with Crippen LogP contribution >= 0.6 is 23.2 Å². The van der Waals surface area contributed by atoms with Crippen molar-refractivity contribution in [3.8, 4) is 17.6 Å². The summed E-state index contributed by atoms with van der Waals surface area (Å²) in [6.45, 7) is 0.863. The van der Waals surface area contributed by atoms with Gasteiger partial charge in [-0.25, -0.2) is 4.79 Å². The third-order valence-electron chi connectivity index (χ3n) is 2.97. The minimum atomic E-state index is -0.286. The molecule has 24 heavy (non-hydrogen) atoms. The lowest BCUT2D eigenvalue weighted by Gasteiger charge is -2.05. The van der Waals surface area contributed by atoms with Crippen molar-refractivity contribution in [1.29, 1.82) is 0 Å². The number of hydrogen-bond donors (Lipinski definition) is 2. The summed E-state index contributed by atoms with van der Waals surface area (Å²) >= 11 is 11.8. The van der Waals surface area contributed by atoms with Gasteiger partial charge in [-0.15, -0.1) is 0 Å². The van der Waals surface area contributed by atoms with Gasteiger partial charge in [-0.05, 0) is 29.8 Å². The predicted octanol–water partition coefficient (Wildman–Crippen LogP) is 3.88. The van der Waals surface area contributed by atoms with E-state index in [4.69, 9.17) is 27.9 Å². The second-order valence-electron chi connectivity index (χ2n) is 4.74. The molecule has 0 saturated heterocycles. The fraction of sp³-hybridized carbons (Fsp3) is 0.167. The summed E-state index contributed by atoms with van der Waals surface area (Å²) in [5, 5.41) is 6.58. The maximum Gasteiger partial charge on any atom is 0.315 e. The smallest absolute Gasteiger partial charge is 0.315 e. The first-order valence-electron chi connectivity index (χ1n) is 7.24. The van der Waals surface area contributed by atoms with Crippen LogP contribution in [0.3, 0.4) is 0 Å². The minimum Gasteiger partial charge on any atom is -0.479 e. The van der Waals surface area contributed by atoms with Gasteiger partial charge in [0.25, 0.3) is 0 Å². The third kappa shape index (κ3) is 6.41. The Kier molecular flexibility index (Phi) is 7.28. The molecule has 2 aromatic rings. The van der Waals surface area contributed by atoms with Gasteiger partial charge in [0.15, 0.2) is 0 Å². The zero-order chi connectivity index (χ0) is 17.2. The lowest BCUT2D eigenvalue weighted by Crippen LogP contribution is -2.35. The molecule has 0 aliphatic heterocycles. The van der Waals surface area contributed by atoms with Crippen LogP contribution in [0.2, 0.25) is 10.0 Å². The van der Waals surface area contributed by atoms with Gasteiger partial charge in [-0.2, -0.15) is 0 Å². The standard InChI is InChI=1S/C18H16Cl2N2O2/c19-15-9-7-14(8-10-15)13-22-18(23)21-11-3-4-12-24-17-6-2-1-5-16(17)20/h1-2,5-10H,11-13H2,(H2,21,22,23). The number of urea groups is 1. The van der Waals surface area contributed by atoms with Crippen molar-refractivity contribution in [2.75, 3.05) is 13.2 Å². The van der Waals surface area contributed by atoms with Crippen LogP contribution in [0.5, 0.6) is 5.75 Å². The van der Waals surface area contributed by atoms with Crippen molar-refractivity contribution in [2.45, 2.75) is 6.54 Å². The van der Waals surface area contributed by atoms with Crippen LogP contribution in [0.15, 0.2) is 48.5 Å². The number of hydrogen-bond acceptors (Lipinski definition) is 2. The van der Waals surface area contributed by atoms with Crippen LogP contribution in [0.4, 0.5) is 4.79 Å². The van der Waals surface area contributed by atoms with Crippen LogP contribution in [0.25, 0.3) is 0 Å². The summed E-state index contributed by atoms with van der Waals surface area (Å²) in [5.74, 6) is 6.20. The van der Waals surface area contributed by atoms with Crippen molar-refractivity contribution in [3.63, 3.8) is 0 Å². The minimum absolute atomic E-state index is 0.206. The van der Waals surface area contributed by atoms with Gasteiger partial charge in [0.05, 0.1) is 11.6 Å². The first kappa shape index (κ1) is 18.0. The SMILES string of the molecule is O=C(NCC#CCOc1ccccc1Cl)NCc1ccc(Cl)cc1. The van der Waals surface area contributed by atoms with Gasteiger partial charge in [-0.3, -0.25) is 0 Å². The third-order valence-corrected chi connectivity index (χ3v) is 3.53. The van der Waals surface area contributed by atoms with Crippen LogP contribution in [-0.2, 0) is 6.54 Å². The van der Waals surface area contributed by atoms with Crippen molar-refractivity contribution in [2.24, 2.45) is 0 Å². The number of carbonyl (C=O) groups is 1. The number of ether oxygens (including phenoxy) is 1. The number of para-hydroxylation sites is 1. The number of nitrogens with one attached hydrogen (secondary N) is 2. The average Bonchev–Trinajstić information content (AvgIpc) is 2.59. The molecule has 124 valence electrons. The molecule has 0 heterocycles. The van der Waals surface area contributed by atoms with E-state index >= 15 is 0 Å². The highest BCUT2D eigenvalue weighted by molar-refractivity contribution is 6.32. The highest BCUT2D eigenvalue weighted by atomic mass is 35.5. The second kappa shape index (κ2) is 9.71. The molecule has 0 fully saturated rings. The van der Waals surface area contributed by atoms with E-state index in [0.717, 1.165) is 5.56 Å². The Labute approximate surface area is 151 Å². The molecule has 6 heteroatoms. The Morgan fingerprint density at radius 3 is 2.50 bits per heavy atom. The number of carbonyl (C=O) groups excluding carboxylic acids is 1. The van der Waals surface area contributed by atoms with Crippen LogP contribution in [0.1, 0.15) is 5.56 Å². The van der Waals surface area contributed by atoms with E-state index in [1.807, 2.05) is 24.3 Å². The van der Waals surface area contributed by atoms with E-state index in [2.05, 4.69) is 22.5 Å². The van der Waals surface area contributed by atoms with Gasteiger partial charge < -0.3 is 15.4 Å². The van der Waals surface area contributed by atoms with Crippen molar-refractivity contribution >= 4 is 29.2 Å². The molecule has 0 atom stereocenters. The molecule has 2 rings (SSSR count). The fourth-order valence-electron chi connectivity index (χ4n) is 1.76. The maximum atomic E-state index is 11.6. The van der Waals surface area contributed by atoms with E-state index in [1.54, 1.807) is 24.3 Å². The van der Waals surface area contributed by atoms with E-state index in [1.165, 1.54) is 0 Å². The lowest BCUT2D eigenvalue weighted by atomic mass is 10.2. The van der Waals surface area contributed by atoms with Gasteiger partial charge in [0.1, 0.15) is 12.4 Å². The van der Waals surface area contributed by atoms with Crippen LogP contribution in [0, 0.1) is 11.8 Å². The number of rotatable bonds is 5. The van der Waals surface area contributed by atoms with Gasteiger partial charge in [0, 0.05) is 11.6 Å². The molecule has 2 N–H and O–H groups in total. The first-order chi connectivity index (χ1) is 11.6. The summed E-state index contributed by atoms with van der Waals surface area (Å²) < 4.78 is 5.41. The Morgan fingerprint density at radius 1 is 1.00 bits per heavy atom. The molecule has 0 aromatic heterocycles. The van der Waals surface area contributed by atoms with E-state index in [0.29, 0.717) is 22.3 Å². The van der Waals surface area contributed by atoms with E-state index < -0.39 is 0 Å². The van der Waals surface area contributed by atoms with Crippen molar-refractivity contribution in [3.05, 3.63) is 64.1 Å². The molecule has 2 aromatic carbocycles. The molecular formula is C18H16Cl2N2O2. The van der Waals surface area contributed by atoms with Gasteiger partial charge in [-0.1, -0.05) is 59.3 Å². The Morgan fingerprint density at radius 2 is 1.75 bits per heavy atom. The summed E-state index contributed by atoms with van der Waals surface area (Å²) in [7, 11) is 0. The molecule has 0 unspecified atom stereocenters. The van der Waals surface area contributed by atoms with Gasteiger partial charge in [0.2, 0.25) is 0 Å². The number of amides is 2. The summed E-state index contributed by atoms with van der Waals surface area (Å²) in [6.07, 6.45) is 0. The molecule has 2 amide bonds. The normalized spacial score (nSPS) is 9.58.